The summed E-state index contributed by atoms with van der Waals surface area (Å²) in [5, 5.41) is 0.402. The van der Waals surface area contributed by atoms with Gasteiger partial charge in [0.1, 0.15) is 5.76 Å². The summed E-state index contributed by atoms with van der Waals surface area (Å²) < 4.78 is 5.19. The summed E-state index contributed by atoms with van der Waals surface area (Å²) in [6, 6.07) is 10.6. The molecular formula is C14H14ClNO3. The lowest BCUT2D eigenvalue weighted by Crippen LogP contribution is -2.24. The van der Waals surface area contributed by atoms with Crippen molar-refractivity contribution >= 4 is 17.5 Å². The van der Waals surface area contributed by atoms with Crippen molar-refractivity contribution < 1.29 is 14.0 Å². The molecule has 0 fully saturated rings. The normalized spacial score (nSPS) is 10.4. The summed E-state index contributed by atoms with van der Waals surface area (Å²) in [6.07, 6.45) is 3.17. The Morgan fingerprint density at radius 1 is 1.26 bits per heavy atom. The Kier molecular flexibility index (Phi) is 5.01. The molecule has 0 aliphatic rings. The van der Waals surface area contributed by atoms with Crippen LogP contribution in [0.25, 0.3) is 0 Å². The van der Waals surface area contributed by atoms with E-state index in [9.17, 15) is 4.79 Å². The second-order valence-corrected chi connectivity index (χ2v) is 4.35. The van der Waals surface area contributed by atoms with Gasteiger partial charge in [0.25, 0.3) is 5.91 Å². The summed E-state index contributed by atoms with van der Waals surface area (Å²) >= 11 is 5.90. The molecule has 0 unspecified atom stereocenters. The maximum atomic E-state index is 11.7. The quantitative estimate of drug-likeness (QED) is 0.652. The monoisotopic (exact) mass is 279 g/mol. The Hall–Kier alpha value is -1.78. The van der Waals surface area contributed by atoms with E-state index in [4.69, 9.17) is 20.9 Å². The van der Waals surface area contributed by atoms with Crippen molar-refractivity contribution in [3.05, 3.63) is 59.0 Å². The molecular weight excluding hydrogens is 266 g/mol. The third-order valence-electron chi connectivity index (χ3n) is 2.53. The van der Waals surface area contributed by atoms with Gasteiger partial charge < -0.3 is 4.42 Å². The Balaban J connectivity index is 1.68. The molecule has 0 bridgehead atoms. The zero-order valence-electron chi connectivity index (χ0n) is 10.3. The first kappa shape index (κ1) is 13.6. The molecule has 0 atom stereocenters. The standard InChI is InChI=1S/C14H14ClNO3/c15-13-8-2-1-7-12(13)14(17)16-19-10-4-6-11-5-3-9-18-11/h1-3,5,7-9H,4,6,10H2,(H,16,17). The largest absolute Gasteiger partial charge is 0.469 e. The second-order valence-electron chi connectivity index (χ2n) is 3.94. The zero-order valence-corrected chi connectivity index (χ0v) is 11.0. The molecule has 1 aromatic heterocycles. The third kappa shape index (κ3) is 4.12. The highest BCUT2D eigenvalue weighted by Gasteiger charge is 2.08. The van der Waals surface area contributed by atoms with Gasteiger partial charge in [-0.15, -0.1) is 0 Å². The second kappa shape index (κ2) is 6.97. The average molecular weight is 280 g/mol. The fourth-order valence-corrected chi connectivity index (χ4v) is 1.81. The van der Waals surface area contributed by atoms with E-state index < -0.39 is 0 Å². The van der Waals surface area contributed by atoms with Gasteiger partial charge in [-0.1, -0.05) is 23.7 Å². The molecule has 0 radical (unpaired) electrons. The number of hydroxylamine groups is 1. The predicted octanol–water partition coefficient (Wildman–Crippen LogP) is 3.23. The van der Waals surface area contributed by atoms with Gasteiger partial charge in [-0.25, -0.2) is 5.48 Å². The van der Waals surface area contributed by atoms with E-state index >= 15 is 0 Å². The number of nitrogens with one attached hydrogen (secondary N) is 1. The molecule has 19 heavy (non-hydrogen) atoms. The lowest BCUT2D eigenvalue weighted by molar-refractivity contribution is 0.0302. The molecule has 4 nitrogen and oxygen atoms in total. The summed E-state index contributed by atoms with van der Waals surface area (Å²) in [5.74, 6) is 0.560. The predicted molar refractivity (Wildman–Crippen MR) is 71.9 cm³/mol. The van der Waals surface area contributed by atoms with E-state index in [1.807, 2.05) is 12.1 Å². The number of furan rings is 1. The van der Waals surface area contributed by atoms with Crippen molar-refractivity contribution in [2.75, 3.05) is 6.61 Å². The molecule has 1 N–H and O–H groups in total. The number of benzene rings is 1. The van der Waals surface area contributed by atoms with Crippen LogP contribution in [0.4, 0.5) is 0 Å². The van der Waals surface area contributed by atoms with E-state index in [1.54, 1.807) is 30.5 Å². The minimum atomic E-state index is -0.344. The number of hydrogen-bond acceptors (Lipinski definition) is 3. The molecule has 2 aromatic rings. The van der Waals surface area contributed by atoms with E-state index in [1.165, 1.54) is 0 Å². The van der Waals surface area contributed by atoms with E-state index in [-0.39, 0.29) is 5.91 Å². The minimum absolute atomic E-state index is 0.344. The molecule has 0 saturated carbocycles. The molecule has 0 aliphatic carbocycles. The van der Waals surface area contributed by atoms with Gasteiger partial charge in [0.15, 0.2) is 0 Å². The molecule has 1 heterocycles. The molecule has 0 saturated heterocycles. The maximum Gasteiger partial charge on any atom is 0.276 e. The fraction of sp³-hybridized carbons (Fsp3) is 0.214. The van der Waals surface area contributed by atoms with Gasteiger partial charge in [-0.2, -0.15) is 0 Å². The Morgan fingerprint density at radius 2 is 2.11 bits per heavy atom. The van der Waals surface area contributed by atoms with Crippen LogP contribution in [0.5, 0.6) is 0 Å². The first-order valence-electron chi connectivity index (χ1n) is 5.96. The van der Waals surface area contributed by atoms with E-state index in [2.05, 4.69) is 5.48 Å². The molecule has 0 aliphatic heterocycles. The van der Waals surface area contributed by atoms with E-state index in [0.29, 0.717) is 17.2 Å². The van der Waals surface area contributed by atoms with Crippen LogP contribution in [0.15, 0.2) is 47.1 Å². The van der Waals surface area contributed by atoms with Crippen molar-refractivity contribution in [1.29, 1.82) is 0 Å². The van der Waals surface area contributed by atoms with Crippen LogP contribution in [-0.4, -0.2) is 12.5 Å². The van der Waals surface area contributed by atoms with Crippen LogP contribution in [0.2, 0.25) is 5.02 Å². The highest BCUT2D eigenvalue weighted by Crippen LogP contribution is 2.14. The van der Waals surface area contributed by atoms with Crippen LogP contribution in [0.1, 0.15) is 22.5 Å². The third-order valence-corrected chi connectivity index (χ3v) is 2.86. The van der Waals surface area contributed by atoms with Crippen molar-refractivity contribution in [3.8, 4) is 0 Å². The summed E-state index contributed by atoms with van der Waals surface area (Å²) in [6.45, 7) is 0.414. The number of halogens is 1. The smallest absolute Gasteiger partial charge is 0.276 e. The Labute approximate surface area is 116 Å². The van der Waals surface area contributed by atoms with Gasteiger partial charge >= 0.3 is 0 Å². The molecule has 1 aromatic carbocycles. The van der Waals surface area contributed by atoms with Crippen LogP contribution < -0.4 is 5.48 Å². The van der Waals surface area contributed by atoms with Crippen LogP contribution in [0, 0.1) is 0 Å². The van der Waals surface area contributed by atoms with Gasteiger partial charge in [0.05, 0.1) is 23.5 Å². The van der Waals surface area contributed by atoms with Crippen LogP contribution in [0.3, 0.4) is 0 Å². The summed E-state index contributed by atoms with van der Waals surface area (Å²) in [5.41, 5.74) is 2.76. The van der Waals surface area contributed by atoms with Gasteiger partial charge in [0.2, 0.25) is 0 Å². The Bertz CT molecular complexity index is 525. The average Bonchev–Trinajstić information content (AvgIpc) is 2.92. The number of carbonyl (C=O) groups is 1. The van der Waals surface area contributed by atoms with Crippen LogP contribution in [-0.2, 0) is 11.3 Å². The first-order valence-corrected chi connectivity index (χ1v) is 6.34. The minimum Gasteiger partial charge on any atom is -0.469 e. The summed E-state index contributed by atoms with van der Waals surface area (Å²) in [4.78, 5) is 16.8. The van der Waals surface area contributed by atoms with Gasteiger partial charge in [-0.3, -0.25) is 9.63 Å². The SMILES string of the molecule is O=C(NOCCCc1ccco1)c1ccccc1Cl. The number of carbonyl (C=O) groups excluding carboxylic acids is 1. The number of hydrogen-bond donors (Lipinski definition) is 1. The molecule has 5 heteroatoms. The zero-order chi connectivity index (χ0) is 13.5. The number of rotatable bonds is 6. The topological polar surface area (TPSA) is 51.5 Å². The lowest BCUT2D eigenvalue weighted by atomic mass is 10.2. The highest BCUT2D eigenvalue weighted by atomic mass is 35.5. The molecule has 2 rings (SSSR count). The van der Waals surface area contributed by atoms with Crippen molar-refractivity contribution in [2.45, 2.75) is 12.8 Å². The first-order chi connectivity index (χ1) is 9.27. The van der Waals surface area contributed by atoms with Gasteiger partial charge in [0, 0.05) is 6.42 Å². The fourth-order valence-electron chi connectivity index (χ4n) is 1.59. The van der Waals surface area contributed by atoms with E-state index in [0.717, 1.165) is 18.6 Å². The number of amides is 1. The van der Waals surface area contributed by atoms with Crippen molar-refractivity contribution in [1.82, 2.24) is 5.48 Å². The molecule has 0 spiro atoms. The molecule has 1 amide bonds. The van der Waals surface area contributed by atoms with Crippen LogP contribution >= 0.6 is 11.6 Å². The molecule has 100 valence electrons. The maximum absolute atomic E-state index is 11.7. The summed E-state index contributed by atoms with van der Waals surface area (Å²) in [7, 11) is 0. The lowest BCUT2D eigenvalue weighted by Gasteiger charge is -2.06. The van der Waals surface area contributed by atoms with Crippen molar-refractivity contribution in [3.63, 3.8) is 0 Å². The Morgan fingerprint density at radius 3 is 2.84 bits per heavy atom. The highest BCUT2D eigenvalue weighted by molar-refractivity contribution is 6.33. The van der Waals surface area contributed by atoms with Crippen molar-refractivity contribution in [2.24, 2.45) is 0 Å². The van der Waals surface area contributed by atoms with Gasteiger partial charge in [-0.05, 0) is 30.7 Å². The number of aryl methyl sites for hydroxylation is 1.